The van der Waals surface area contributed by atoms with Crippen LogP contribution in [0.3, 0.4) is 0 Å². The second kappa shape index (κ2) is 9.70. The van der Waals surface area contributed by atoms with Crippen molar-refractivity contribution in [2.24, 2.45) is 0 Å². The van der Waals surface area contributed by atoms with E-state index in [0.29, 0.717) is 34.1 Å². The molecule has 174 valence electrons. The van der Waals surface area contributed by atoms with Gasteiger partial charge in [0, 0.05) is 18.3 Å². The van der Waals surface area contributed by atoms with Gasteiger partial charge in [0.1, 0.15) is 11.4 Å². The first kappa shape index (κ1) is 22.9. The molecule has 7 nitrogen and oxygen atoms in total. The normalized spacial score (nSPS) is 13.4. The number of methoxy groups -OCH3 is 3. The molecule has 3 aromatic carbocycles. The van der Waals surface area contributed by atoms with Gasteiger partial charge in [-0.05, 0) is 35.9 Å². The van der Waals surface area contributed by atoms with Crippen LogP contribution in [0.1, 0.15) is 11.1 Å². The Morgan fingerprint density at radius 2 is 1.38 bits per heavy atom. The summed E-state index contributed by atoms with van der Waals surface area (Å²) in [5, 5.41) is 0. The van der Waals surface area contributed by atoms with E-state index < -0.39 is 0 Å². The minimum atomic E-state index is -0.388. The minimum Gasteiger partial charge on any atom is -0.496 e. The maximum absolute atomic E-state index is 13.7. The van der Waals surface area contributed by atoms with Crippen molar-refractivity contribution in [3.63, 3.8) is 0 Å². The van der Waals surface area contributed by atoms with E-state index in [1.54, 1.807) is 50.4 Å². The zero-order chi connectivity index (χ0) is 24.2. The van der Waals surface area contributed by atoms with Crippen molar-refractivity contribution in [2.75, 3.05) is 33.3 Å². The Labute approximate surface area is 198 Å². The van der Waals surface area contributed by atoms with E-state index >= 15 is 0 Å². The van der Waals surface area contributed by atoms with Gasteiger partial charge in [0.2, 0.25) is 0 Å². The van der Waals surface area contributed by atoms with Crippen LogP contribution in [0.2, 0.25) is 0 Å². The first-order valence-electron chi connectivity index (χ1n) is 10.7. The molecule has 0 saturated heterocycles. The van der Waals surface area contributed by atoms with Crippen molar-refractivity contribution in [1.29, 1.82) is 0 Å². The number of likely N-dealkylation sites (N-methyl/N-ethyl adjacent to an activating group) is 1. The number of ether oxygens (including phenoxy) is 3. The van der Waals surface area contributed by atoms with Gasteiger partial charge in [0.15, 0.2) is 11.5 Å². The van der Waals surface area contributed by atoms with Crippen LogP contribution in [-0.2, 0) is 16.1 Å². The highest BCUT2D eigenvalue weighted by Gasteiger charge is 2.41. The van der Waals surface area contributed by atoms with Crippen molar-refractivity contribution in [1.82, 2.24) is 4.90 Å². The van der Waals surface area contributed by atoms with Gasteiger partial charge in [-0.15, -0.1) is 0 Å². The Kier molecular flexibility index (Phi) is 6.54. The minimum absolute atomic E-state index is 0.0879. The summed E-state index contributed by atoms with van der Waals surface area (Å²) in [5.41, 5.74) is 2.68. The monoisotopic (exact) mass is 458 g/mol. The van der Waals surface area contributed by atoms with Gasteiger partial charge < -0.3 is 19.1 Å². The number of benzene rings is 3. The quantitative estimate of drug-likeness (QED) is 0.473. The molecule has 0 aliphatic carbocycles. The SMILES string of the molecule is COc1ccccc1CN1C(=O)C(c2ccc(OC)c(OC)c2)=C(N(C)c2ccccc2)C1=O. The molecule has 0 saturated carbocycles. The summed E-state index contributed by atoms with van der Waals surface area (Å²) < 4.78 is 16.2. The van der Waals surface area contributed by atoms with Gasteiger partial charge in [-0.1, -0.05) is 42.5 Å². The highest BCUT2D eigenvalue weighted by atomic mass is 16.5. The number of amides is 2. The number of carbonyl (C=O) groups is 2. The van der Waals surface area contributed by atoms with E-state index in [2.05, 4.69) is 0 Å². The van der Waals surface area contributed by atoms with E-state index in [9.17, 15) is 9.59 Å². The Morgan fingerprint density at radius 1 is 0.735 bits per heavy atom. The molecule has 4 rings (SSSR count). The van der Waals surface area contributed by atoms with E-state index in [-0.39, 0.29) is 18.4 Å². The molecule has 0 bridgehead atoms. The number of anilines is 1. The van der Waals surface area contributed by atoms with Crippen LogP contribution in [0.25, 0.3) is 5.57 Å². The van der Waals surface area contributed by atoms with Crippen LogP contribution >= 0.6 is 0 Å². The molecule has 0 atom stereocenters. The lowest BCUT2D eigenvalue weighted by molar-refractivity contribution is -0.137. The highest BCUT2D eigenvalue weighted by Crippen LogP contribution is 2.38. The summed E-state index contributed by atoms with van der Waals surface area (Å²) in [4.78, 5) is 30.4. The maximum atomic E-state index is 13.7. The van der Waals surface area contributed by atoms with Gasteiger partial charge >= 0.3 is 0 Å². The summed E-state index contributed by atoms with van der Waals surface area (Å²) in [7, 11) is 6.42. The molecule has 0 spiro atoms. The third kappa shape index (κ3) is 4.08. The highest BCUT2D eigenvalue weighted by molar-refractivity contribution is 6.36. The van der Waals surface area contributed by atoms with Gasteiger partial charge in [-0.2, -0.15) is 0 Å². The fourth-order valence-electron chi connectivity index (χ4n) is 4.05. The molecular weight excluding hydrogens is 432 g/mol. The molecule has 2 amide bonds. The molecule has 0 N–H and O–H groups in total. The van der Waals surface area contributed by atoms with Crippen molar-refractivity contribution >= 4 is 23.1 Å². The van der Waals surface area contributed by atoms with Crippen LogP contribution in [-0.4, -0.2) is 45.1 Å². The predicted octanol–water partition coefficient (Wildman–Crippen LogP) is 4.13. The summed E-state index contributed by atoms with van der Waals surface area (Å²) in [6, 6.07) is 22.0. The van der Waals surface area contributed by atoms with Crippen LogP contribution in [0, 0.1) is 0 Å². The number of hydrogen-bond donors (Lipinski definition) is 0. The van der Waals surface area contributed by atoms with Gasteiger partial charge in [-0.3, -0.25) is 14.5 Å². The Balaban J connectivity index is 1.83. The van der Waals surface area contributed by atoms with Crippen LogP contribution in [0.15, 0.2) is 78.5 Å². The van der Waals surface area contributed by atoms with Gasteiger partial charge in [0.05, 0.1) is 33.4 Å². The summed E-state index contributed by atoms with van der Waals surface area (Å²) in [5.74, 6) is 0.846. The lowest BCUT2D eigenvalue weighted by Gasteiger charge is -2.22. The summed E-state index contributed by atoms with van der Waals surface area (Å²) >= 11 is 0. The number of rotatable bonds is 8. The van der Waals surface area contributed by atoms with E-state index in [0.717, 1.165) is 11.3 Å². The molecule has 0 unspecified atom stereocenters. The number of nitrogens with zero attached hydrogens (tertiary/aromatic N) is 2. The van der Waals surface area contributed by atoms with E-state index in [4.69, 9.17) is 14.2 Å². The Bertz CT molecular complexity index is 1250. The maximum Gasteiger partial charge on any atom is 0.278 e. The van der Waals surface area contributed by atoms with Crippen LogP contribution in [0.5, 0.6) is 17.2 Å². The number of para-hydroxylation sites is 2. The molecule has 1 aliphatic heterocycles. The largest absolute Gasteiger partial charge is 0.496 e. The topological polar surface area (TPSA) is 68.3 Å². The first-order chi connectivity index (χ1) is 16.5. The number of imide groups is 1. The molecule has 1 heterocycles. The van der Waals surface area contributed by atoms with Gasteiger partial charge in [-0.25, -0.2) is 0 Å². The fourth-order valence-corrected chi connectivity index (χ4v) is 4.05. The Hall–Kier alpha value is -4.26. The molecule has 34 heavy (non-hydrogen) atoms. The van der Waals surface area contributed by atoms with E-state index in [1.807, 2.05) is 48.5 Å². The van der Waals surface area contributed by atoms with Crippen molar-refractivity contribution < 1.29 is 23.8 Å². The number of carbonyl (C=O) groups excluding carboxylic acids is 2. The lowest BCUT2D eigenvalue weighted by Crippen LogP contribution is -2.33. The molecule has 1 aliphatic rings. The third-order valence-electron chi connectivity index (χ3n) is 5.82. The molecule has 7 heteroatoms. The van der Waals surface area contributed by atoms with E-state index in [1.165, 1.54) is 12.0 Å². The lowest BCUT2D eigenvalue weighted by atomic mass is 10.0. The molecular formula is C27H26N2O5. The average Bonchev–Trinajstić information content (AvgIpc) is 3.13. The first-order valence-corrected chi connectivity index (χ1v) is 10.7. The second-order valence-electron chi connectivity index (χ2n) is 7.70. The standard InChI is InChI=1S/C27H26N2O5/c1-28(20-11-6-5-7-12-20)25-24(18-14-15-22(33-3)23(16-18)34-4)26(30)29(27(25)31)17-19-10-8-9-13-21(19)32-2/h5-16H,17H2,1-4H3. The number of hydrogen-bond acceptors (Lipinski definition) is 6. The smallest absolute Gasteiger partial charge is 0.278 e. The molecule has 0 radical (unpaired) electrons. The van der Waals surface area contributed by atoms with Crippen molar-refractivity contribution in [3.8, 4) is 17.2 Å². The van der Waals surface area contributed by atoms with Gasteiger partial charge in [0.25, 0.3) is 11.8 Å². The molecule has 0 aromatic heterocycles. The zero-order valence-electron chi connectivity index (χ0n) is 19.6. The summed E-state index contributed by atoms with van der Waals surface area (Å²) in [6.07, 6.45) is 0. The summed E-state index contributed by atoms with van der Waals surface area (Å²) in [6.45, 7) is 0.0879. The Morgan fingerprint density at radius 3 is 2.06 bits per heavy atom. The molecule has 0 fully saturated rings. The third-order valence-corrected chi connectivity index (χ3v) is 5.82. The van der Waals surface area contributed by atoms with Crippen molar-refractivity contribution in [2.45, 2.75) is 6.54 Å². The second-order valence-corrected chi connectivity index (χ2v) is 7.70. The van der Waals surface area contributed by atoms with Crippen LogP contribution in [0.4, 0.5) is 5.69 Å². The fraction of sp³-hybridized carbons (Fsp3) is 0.185. The average molecular weight is 459 g/mol. The molecule has 3 aromatic rings. The predicted molar refractivity (Wildman–Crippen MR) is 130 cm³/mol. The van der Waals surface area contributed by atoms with Crippen molar-refractivity contribution in [3.05, 3.63) is 89.6 Å². The zero-order valence-corrected chi connectivity index (χ0v) is 19.6. The van der Waals surface area contributed by atoms with Crippen LogP contribution < -0.4 is 19.1 Å².